The van der Waals surface area contributed by atoms with Gasteiger partial charge in [-0.2, -0.15) is 0 Å². The molecule has 0 radical (unpaired) electrons. The summed E-state index contributed by atoms with van der Waals surface area (Å²) >= 11 is 6.07. The average Bonchev–Trinajstić information content (AvgIpc) is 2.58. The Morgan fingerprint density at radius 3 is 2.44 bits per heavy atom. The Balaban J connectivity index is 1.79. The van der Waals surface area contributed by atoms with E-state index < -0.39 is 0 Å². The highest BCUT2D eigenvalue weighted by Crippen LogP contribution is 2.22. The number of carbonyl (C=O) groups excluding carboxylic acids is 2. The molecule has 2 aromatic rings. The maximum absolute atomic E-state index is 11.9. The smallest absolute Gasteiger partial charge is 0.243 e. The number of benzene rings is 2. The molecule has 0 saturated heterocycles. The zero-order valence-corrected chi connectivity index (χ0v) is 15.0. The van der Waals surface area contributed by atoms with Crippen molar-refractivity contribution in [3.05, 3.63) is 58.6 Å². The van der Waals surface area contributed by atoms with Gasteiger partial charge in [0.05, 0.1) is 30.3 Å². The highest BCUT2D eigenvalue weighted by atomic mass is 35.5. The topological polar surface area (TPSA) is 67.4 Å². The van der Waals surface area contributed by atoms with Crippen LogP contribution in [-0.2, 0) is 16.0 Å². The van der Waals surface area contributed by atoms with Crippen molar-refractivity contribution >= 4 is 29.1 Å². The Bertz CT molecular complexity index is 745. The van der Waals surface area contributed by atoms with E-state index in [1.54, 1.807) is 12.1 Å². The number of ether oxygens (including phenoxy) is 1. The average molecular weight is 361 g/mol. The van der Waals surface area contributed by atoms with Gasteiger partial charge in [0.25, 0.3) is 0 Å². The lowest BCUT2D eigenvalue weighted by Crippen LogP contribution is -2.33. The van der Waals surface area contributed by atoms with E-state index in [1.807, 2.05) is 44.2 Å². The van der Waals surface area contributed by atoms with Gasteiger partial charge >= 0.3 is 0 Å². The Labute approximate surface area is 152 Å². The van der Waals surface area contributed by atoms with E-state index in [0.29, 0.717) is 17.3 Å². The third kappa shape index (κ3) is 6.12. The molecular weight excluding hydrogens is 340 g/mol. The van der Waals surface area contributed by atoms with Crippen LogP contribution in [-0.4, -0.2) is 25.0 Å². The molecule has 0 aliphatic heterocycles. The maximum atomic E-state index is 11.9. The molecule has 2 rings (SSSR count). The first kappa shape index (κ1) is 18.8. The van der Waals surface area contributed by atoms with Gasteiger partial charge in [-0.25, -0.2) is 0 Å². The van der Waals surface area contributed by atoms with E-state index in [2.05, 4.69) is 10.6 Å². The molecular formula is C19H21ClN2O3. The molecule has 2 N–H and O–H groups in total. The van der Waals surface area contributed by atoms with Gasteiger partial charge in [0.1, 0.15) is 5.75 Å². The molecule has 0 heterocycles. The lowest BCUT2D eigenvalue weighted by molar-refractivity contribution is -0.123. The fourth-order valence-electron chi connectivity index (χ4n) is 2.21. The van der Waals surface area contributed by atoms with Crippen LogP contribution < -0.4 is 15.4 Å². The number of hydrogen-bond acceptors (Lipinski definition) is 3. The summed E-state index contributed by atoms with van der Waals surface area (Å²) in [5, 5.41) is 5.74. The molecule has 0 spiro atoms. The van der Waals surface area contributed by atoms with Crippen LogP contribution in [0.3, 0.4) is 0 Å². The molecule has 0 bridgehead atoms. The highest BCUT2D eigenvalue weighted by Gasteiger charge is 2.09. The second-order valence-corrected chi connectivity index (χ2v) is 5.97. The summed E-state index contributed by atoms with van der Waals surface area (Å²) in [5.41, 5.74) is 2.38. The van der Waals surface area contributed by atoms with Gasteiger partial charge in [-0.15, -0.1) is 0 Å². The SMILES string of the molecule is CCOc1ccc(CC(=O)NCC(=O)Nc2ccc(C)cc2Cl)cc1. The van der Waals surface area contributed by atoms with Gasteiger partial charge in [-0.1, -0.05) is 29.8 Å². The molecule has 25 heavy (non-hydrogen) atoms. The van der Waals surface area contributed by atoms with E-state index in [1.165, 1.54) is 0 Å². The van der Waals surface area contributed by atoms with Crippen molar-refractivity contribution in [3.63, 3.8) is 0 Å². The zero-order valence-electron chi connectivity index (χ0n) is 14.3. The zero-order chi connectivity index (χ0) is 18.2. The summed E-state index contributed by atoms with van der Waals surface area (Å²) in [6.45, 7) is 4.31. The fourth-order valence-corrected chi connectivity index (χ4v) is 2.50. The Morgan fingerprint density at radius 2 is 1.80 bits per heavy atom. The van der Waals surface area contributed by atoms with Crippen LogP contribution in [0.1, 0.15) is 18.1 Å². The van der Waals surface area contributed by atoms with Crippen LogP contribution in [0.4, 0.5) is 5.69 Å². The van der Waals surface area contributed by atoms with Crippen LogP contribution in [0, 0.1) is 6.92 Å². The highest BCUT2D eigenvalue weighted by molar-refractivity contribution is 6.33. The molecule has 5 nitrogen and oxygen atoms in total. The van der Waals surface area contributed by atoms with Crippen LogP contribution in [0.5, 0.6) is 5.75 Å². The number of anilines is 1. The molecule has 0 aromatic heterocycles. The summed E-state index contributed by atoms with van der Waals surface area (Å²) < 4.78 is 5.35. The fraction of sp³-hybridized carbons (Fsp3) is 0.263. The molecule has 0 aliphatic rings. The van der Waals surface area contributed by atoms with Crippen molar-refractivity contribution in [1.82, 2.24) is 5.32 Å². The van der Waals surface area contributed by atoms with E-state index in [4.69, 9.17) is 16.3 Å². The molecule has 0 saturated carbocycles. The Kier molecular flexibility index (Phi) is 6.83. The summed E-state index contributed by atoms with van der Waals surface area (Å²) in [6, 6.07) is 12.6. The molecule has 0 aliphatic carbocycles. The first-order valence-electron chi connectivity index (χ1n) is 8.02. The number of hydrogen-bond donors (Lipinski definition) is 2. The van der Waals surface area contributed by atoms with Gasteiger partial charge in [0, 0.05) is 0 Å². The Hall–Kier alpha value is -2.53. The third-order valence-electron chi connectivity index (χ3n) is 3.44. The second-order valence-electron chi connectivity index (χ2n) is 5.56. The van der Waals surface area contributed by atoms with Crippen molar-refractivity contribution in [2.24, 2.45) is 0 Å². The van der Waals surface area contributed by atoms with Crippen molar-refractivity contribution < 1.29 is 14.3 Å². The molecule has 0 fully saturated rings. The number of rotatable bonds is 7. The van der Waals surface area contributed by atoms with Crippen molar-refractivity contribution in [1.29, 1.82) is 0 Å². The predicted octanol–water partition coefficient (Wildman–Crippen LogP) is 3.34. The van der Waals surface area contributed by atoms with Gasteiger partial charge in [0.2, 0.25) is 11.8 Å². The monoisotopic (exact) mass is 360 g/mol. The molecule has 0 atom stereocenters. The minimum absolute atomic E-state index is 0.111. The first-order valence-corrected chi connectivity index (χ1v) is 8.40. The maximum Gasteiger partial charge on any atom is 0.243 e. The largest absolute Gasteiger partial charge is 0.494 e. The van der Waals surface area contributed by atoms with E-state index >= 15 is 0 Å². The van der Waals surface area contributed by atoms with Gasteiger partial charge in [-0.05, 0) is 49.2 Å². The Morgan fingerprint density at radius 1 is 1.08 bits per heavy atom. The predicted molar refractivity (Wildman–Crippen MR) is 99.1 cm³/mol. The number of aryl methyl sites for hydroxylation is 1. The number of nitrogens with one attached hydrogen (secondary N) is 2. The van der Waals surface area contributed by atoms with Crippen LogP contribution in [0.2, 0.25) is 5.02 Å². The number of halogens is 1. The van der Waals surface area contributed by atoms with Crippen LogP contribution in [0.15, 0.2) is 42.5 Å². The summed E-state index contributed by atoms with van der Waals surface area (Å²) in [7, 11) is 0. The minimum atomic E-state index is -0.328. The quantitative estimate of drug-likeness (QED) is 0.795. The molecule has 0 unspecified atom stereocenters. The lowest BCUT2D eigenvalue weighted by Gasteiger charge is -2.09. The van der Waals surface area contributed by atoms with Gasteiger partial charge in [0.15, 0.2) is 0 Å². The van der Waals surface area contributed by atoms with E-state index in [0.717, 1.165) is 16.9 Å². The lowest BCUT2D eigenvalue weighted by atomic mass is 10.1. The number of amides is 2. The van der Waals surface area contributed by atoms with E-state index in [9.17, 15) is 9.59 Å². The van der Waals surface area contributed by atoms with Gasteiger partial charge < -0.3 is 15.4 Å². The van der Waals surface area contributed by atoms with Crippen molar-refractivity contribution in [2.75, 3.05) is 18.5 Å². The first-order chi connectivity index (χ1) is 12.0. The molecule has 2 amide bonds. The molecule has 2 aromatic carbocycles. The summed E-state index contributed by atoms with van der Waals surface area (Å²) in [4.78, 5) is 23.9. The van der Waals surface area contributed by atoms with Crippen molar-refractivity contribution in [3.8, 4) is 5.75 Å². The van der Waals surface area contributed by atoms with E-state index in [-0.39, 0.29) is 24.8 Å². The second kappa shape index (κ2) is 9.08. The van der Waals surface area contributed by atoms with Gasteiger partial charge in [-0.3, -0.25) is 9.59 Å². The number of carbonyl (C=O) groups is 2. The van der Waals surface area contributed by atoms with Crippen molar-refractivity contribution in [2.45, 2.75) is 20.3 Å². The normalized spacial score (nSPS) is 10.2. The van der Waals surface area contributed by atoms with Crippen LogP contribution in [0.25, 0.3) is 0 Å². The minimum Gasteiger partial charge on any atom is -0.494 e. The summed E-state index contributed by atoms with van der Waals surface area (Å²) in [6.07, 6.45) is 0.199. The molecule has 6 heteroatoms. The standard InChI is InChI=1S/C19H21ClN2O3/c1-3-25-15-7-5-14(6-8-15)11-18(23)21-12-19(24)22-17-9-4-13(2)10-16(17)20/h4-10H,3,11-12H2,1-2H3,(H,21,23)(H,22,24). The van der Waals surface area contributed by atoms with Crippen LogP contribution >= 0.6 is 11.6 Å². The summed E-state index contributed by atoms with van der Waals surface area (Å²) in [5.74, 6) is 0.209. The molecule has 132 valence electrons. The third-order valence-corrected chi connectivity index (χ3v) is 3.76.